The maximum absolute atomic E-state index is 14.6. The minimum Gasteiger partial charge on any atom is -0.496 e. The Kier molecular flexibility index (Phi) is 8.42. The van der Waals surface area contributed by atoms with Crippen molar-refractivity contribution in [3.8, 4) is 5.75 Å². The van der Waals surface area contributed by atoms with Crippen LogP contribution in [0.4, 0.5) is 8.78 Å². The zero-order valence-corrected chi connectivity index (χ0v) is 23.8. The van der Waals surface area contributed by atoms with E-state index in [9.17, 15) is 18.4 Å². The van der Waals surface area contributed by atoms with E-state index in [1.165, 1.54) is 7.11 Å². The number of fused-ring (bicyclic) bond motifs is 1. The molecular weight excluding hydrogens is 558 g/mol. The highest BCUT2D eigenvalue weighted by molar-refractivity contribution is 7.21. The van der Waals surface area contributed by atoms with Gasteiger partial charge in [-0.05, 0) is 54.3 Å². The van der Waals surface area contributed by atoms with Crippen LogP contribution in [0.15, 0.2) is 48.2 Å². The number of allylic oxidation sites excluding steroid dienone is 2. The van der Waals surface area contributed by atoms with E-state index in [0.717, 1.165) is 72.3 Å². The first-order valence-corrected chi connectivity index (χ1v) is 14.3. The van der Waals surface area contributed by atoms with Crippen molar-refractivity contribution in [2.45, 2.75) is 44.7 Å². The number of rotatable bonds is 7. The van der Waals surface area contributed by atoms with Gasteiger partial charge in [0.2, 0.25) is 0 Å². The Morgan fingerprint density at radius 1 is 1.10 bits per heavy atom. The molecule has 1 aliphatic heterocycles. The number of nitrogens with one attached hydrogen (secondary N) is 1. The minimum atomic E-state index is -0.662. The van der Waals surface area contributed by atoms with E-state index < -0.39 is 17.6 Å². The molecule has 6 nitrogen and oxygen atoms in total. The molecule has 1 saturated carbocycles. The number of carbonyl (C=O) groups excluding carboxylic acids is 2. The molecule has 1 aliphatic carbocycles. The molecule has 0 unspecified atom stereocenters. The van der Waals surface area contributed by atoms with Crippen molar-refractivity contribution in [3.63, 3.8) is 0 Å². The highest BCUT2D eigenvalue weighted by Gasteiger charge is 2.31. The monoisotopic (exact) mass is 586 g/mol. The maximum Gasteiger partial charge on any atom is 0.354 e. The molecule has 5 rings (SSSR count). The van der Waals surface area contributed by atoms with Crippen LogP contribution in [0.25, 0.3) is 15.7 Å². The van der Waals surface area contributed by atoms with Crippen molar-refractivity contribution in [1.82, 2.24) is 10.2 Å². The number of benzene rings is 2. The molecule has 1 N–H and O–H groups in total. The van der Waals surface area contributed by atoms with Gasteiger partial charge in [0.25, 0.3) is 5.91 Å². The summed E-state index contributed by atoms with van der Waals surface area (Å²) >= 11 is 7.41. The molecular formula is C30H29ClF2N2O4S. The average Bonchev–Trinajstić information content (AvgIpc) is 3.35. The van der Waals surface area contributed by atoms with Crippen LogP contribution in [-0.2, 0) is 16.1 Å². The second-order valence-corrected chi connectivity index (χ2v) is 11.2. The van der Waals surface area contributed by atoms with E-state index in [4.69, 9.17) is 21.1 Å². The summed E-state index contributed by atoms with van der Waals surface area (Å²) in [6.07, 6.45) is 8.38. The fourth-order valence-electron chi connectivity index (χ4n) is 5.37. The molecule has 1 aromatic heterocycles. The van der Waals surface area contributed by atoms with Gasteiger partial charge < -0.3 is 19.7 Å². The predicted molar refractivity (Wildman–Crippen MR) is 153 cm³/mol. The number of dihydropyridines is 1. The normalized spacial score (nSPS) is 15.7. The Hall–Kier alpha value is -3.43. The van der Waals surface area contributed by atoms with Gasteiger partial charge >= 0.3 is 5.97 Å². The van der Waals surface area contributed by atoms with Gasteiger partial charge in [0.15, 0.2) is 0 Å². The molecule has 0 spiro atoms. The van der Waals surface area contributed by atoms with E-state index in [2.05, 4.69) is 5.32 Å². The SMILES string of the molecule is COC(=O)C1=CC(c2ccc(OC)c(CN(C(=O)c3sc4c(F)ccc(F)c4c3Cl)C3CCCCC3)c2)=CCN1. The van der Waals surface area contributed by atoms with Gasteiger partial charge in [-0.2, -0.15) is 0 Å². The summed E-state index contributed by atoms with van der Waals surface area (Å²) < 4.78 is 39.7. The molecule has 3 aromatic rings. The molecule has 0 atom stereocenters. The van der Waals surface area contributed by atoms with Crippen molar-refractivity contribution >= 4 is 50.5 Å². The van der Waals surface area contributed by atoms with Gasteiger partial charge in [0, 0.05) is 24.7 Å². The van der Waals surface area contributed by atoms with Crippen LogP contribution in [0.1, 0.15) is 52.9 Å². The molecule has 2 aliphatic rings. The highest BCUT2D eigenvalue weighted by Crippen LogP contribution is 2.40. The number of ether oxygens (including phenoxy) is 2. The quantitative estimate of drug-likeness (QED) is 0.306. The van der Waals surface area contributed by atoms with Crippen LogP contribution < -0.4 is 10.1 Å². The highest BCUT2D eigenvalue weighted by atomic mass is 35.5. The van der Waals surface area contributed by atoms with Gasteiger partial charge in [-0.15, -0.1) is 11.3 Å². The van der Waals surface area contributed by atoms with E-state index in [0.29, 0.717) is 18.0 Å². The summed E-state index contributed by atoms with van der Waals surface area (Å²) in [4.78, 5) is 28.0. The summed E-state index contributed by atoms with van der Waals surface area (Å²) in [7, 11) is 2.90. The van der Waals surface area contributed by atoms with Crippen molar-refractivity contribution in [2.24, 2.45) is 0 Å². The topological polar surface area (TPSA) is 67.9 Å². The first-order valence-electron chi connectivity index (χ1n) is 13.1. The largest absolute Gasteiger partial charge is 0.496 e. The third-order valence-electron chi connectivity index (χ3n) is 7.43. The van der Waals surface area contributed by atoms with E-state index in [1.54, 1.807) is 18.1 Å². The molecule has 210 valence electrons. The standard InChI is InChI=1S/C30H29ClF2N2O4S/c1-38-24-11-8-17(18-12-13-34-23(15-18)30(37)39-2)14-19(24)16-35(20-6-4-3-5-7-20)29(36)28-26(31)25-21(32)9-10-22(33)27(25)40-28/h8-12,14-15,20,34H,3-7,13,16H2,1-2H3. The Labute approximate surface area is 240 Å². The number of halogens is 3. The van der Waals surface area contributed by atoms with Crippen molar-refractivity contribution in [2.75, 3.05) is 20.8 Å². The molecule has 10 heteroatoms. The lowest BCUT2D eigenvalue weighted by Crippen LogP contribution is -2.40. The number of methoxy groups -OCH3 is 2. The van der Waals surface area contributed by atoms with Crippen molar-refractivity contribution in [1.29, 1.82) is 0 Å². The summed E-state index contributed by atoms with van der Waals surface area (Å²) in [6.45, 7) is 0.678. The molecule has 1 amide bonds. The molecule has 40 heavy (non-hydrogen) atoms. The van der Waals surface area contributed by atoms with E-state index in [-0.39, 0.29) is 38.5 Å². The molecule has 0 bridgehead atoms. The van der Waals surface area contributed by atoms with Crippen LogP contribution in [-0.4, -0.2) is 43.6 Å². The number of carbonyl (C=O) groups is 2. The average molecular weight is 587 g/mol. The lowest BCUT2D eigenvalue weighted by molar-refractivity contribution is -0.136. The second kappa shape index (κ2) is 12.0. The van der Waals surface area contributed by atoms with Crippen LogP contribution in [0.5, 0.6) is 5.75 Å². The second-order valence-electron chi connectivity index (χ2n) is 9.82. The third-order valence-corrected chi connectivity index (χ3v) is 9.10. The van der Waals surface area contributed by atoms with E-state index >= 15 is 0 Å². The zero-order chi connectivity index (χ0) is 28.4. The Bertz CT molecular complexity index is 1530. The fourth-order valence-corrected chi connectivity index (χ4v) is 6.87. The number of nitrogens with zero attached hydrogens (tertiary/aromatic N) is 1. The van der Waals surface area contributed by atoms with E-state index in [1.807, 2.05) is 24.3 Å². The summed E-state index contributed by atoms with van der Waals surface area (Å²) in [5.41, 5.74) is 2.80. The Balaban J connectivity index is 1.54. The van der Waals surface area contributed by atoms with Gasteiger partial charge in [-0.1, -0.05) is 43.0 Å². The number of hydrogen-bond acceptors (Lipinski definition) is 6. The lowest BCUT2D eigenvalue weighted by Gasteiger charge is -2.35. The number of amides is 1. The molecule has 0 saturated heterocycles. The van der Waals surface area contributed by atoms with Crippen LogP contribution >= 0.6 is 22.9 Å². The van der Waals surface area contributed by atoms with Gasteiger partial charge in [0.1, 0.15) is 28.0 Å². The van der Waals surface area contributed by atoms with Crippen molar-refractivity contribution < 1.29 is 27.8 Å². The van der Waals surface area contributed by atoms with Crippen LogP contribution in [0.2, 0.25) is 5.02 Å². The lowest BCUT2D eigenvalue weighted by atomic mass is 9.93. The van der Waals surface area contributed by atoms with Crippen LogP contribution in [0.3, 0.4) is 0 Å². The third kappa shape index (κ3) is 5.45. The first-order chi connectivity index (χ1) is 19.3. The summed E-state index contributed by atoms with van der Waals surface area (Å²) in [5, 5.41) is 2.88. The minimum absolute atomic E-state index is 0.0302. The smallest absolute Gasteiger partial charge is 0.354 e. The van der Waals surface area contributed by atoms with Crippen LogP contribution in [0, 0.1) is 11.6 Å². The fraction of sp³-hybridized carbons (Fsp3) is 0.333. The predicted octanol–water partition coefficient (Wildman–Crippen LogP) is 6.86. The van der Waals surface area contributed by atoms with Gasteiger partial charge in [0.05, 0.1) is 29.3 Å². The summed E-state index contributed by atoms with van der Waals surface area (Å²) in [6, 6.07) is 7.68. The Morgan fingerprint density at radius 2 is 1.85 bits per heavy atom. The zero-order valence-electron chi connectivity index (χ0n) is 22.2. The number of thiophene rings is 1. The molecule has 1 fully saturated rings. The molecule has 2 heterocycles. The maximum atomic E-state index is 14.6. The molecule has 0 radical (unpaired) electrons. The summed E-state index contributed by atoms with van der Waals surface area (Å²) in [5.74, 6) is -1.50. The Morgan fingerprint density at radius 3 is 2.55 bits per heavy atom. The first kappa shape index (κ1) is 28.1. The number of hydrogen-bond donors (Lipinski definition) is 1. The van der Waals surface area contributed by atoms with Gasteiger partial charge in [-0.25, -0.2) is 13.6 Å². The van der Waals surface area contributed by atoms with Crippen molar-refractivity contribution in [3.05, 3.63) is 80.8 Å². The van der Waals surface area contributed by atoms with Gasteiger partial charge in [-0.3, -0.25) is 4.79 Å². The number of esters is 1. The molecule has 2 aromatic carbocycles.